The summed E-state index contributed by atoms with van der Waals surface area (Å²) >= 11 is 0. The zero-order valence-electron chi connectivity index (χ0n) is 13.6. The number of ether oxygens (including phenoxy) is 3. The summed E-state index contributed by atoms with van der Waals surface area (Å²) in [7, 11) is 0. The van der Waals surface area contributed by atoms with E-state index in [-0.39, 0.29) is 30.4 Å². The highest BCUT2D eigenvalue weighted by atomic mass is 16.7. The lowest BCUT2D eigenvalue weighted by Gasteiger charge is -2.08. The van der Waals surface area contributed by atoms with Crippen molar-refractivity contribution >= 4 is 16.9 Å². The summed E-state index contributed by atoms with van der Waals surface area (Å²) in [6.45, 7) is 1.50. The lowest BCUT2D eigenvalue weighted by Crippen LogP contribution is -2.09. The van der Waals surface area contributed by atoms with Gasteiger partial charge in [0, 0.05) is 12.5 Å². The summed E-state index contributed by atoms with van der Waals surface area (Å²) in [6.07, 6.45) is 1.54. The van der Waals surface area contributed by atoms with Crippen LogP contribution in [0.4, 0.5) is 0 Å². The van der Waals surface area contributed by atoms with E-state index in [9.17, 15) is 9.59 Å². The van der Waals surface area contributed by atoms with Gasteiger partial charge in [0.15, 0.2) is 0 Å². The predicted molar refractivity (Wildman–Crippen MR) is 90.9 cm³/mol. The van der Waals surface area contributed by atoms with Gasteiger partial charge in [-0.05, 0) is 24.3 Å². The first-order valence-corrected chi connectivity index (χ1v) is 7.74. The highest BCUT2D eigenvalue weighted by Crippen LogP contribution is 2.23. The Balaban J connectivity index is 1.79. The van der Waals surface area contributed by atoms with Crippen LogP contribution in [0.15, 0.2) is 64.0 Å². The summed E-state index contributed by atoms with van der Waals surface area (Å²) < 4.78 is 21.2. The topological polar surface area (TPSA) is 75.0 Å². The van der Waals surface area contributed by atoms with Crippen LogP contribution >= 0.6 is 0 Å². The molecule has 0 aliphatic carbocycles. The molecule has 3 aromatic rings. The minimum absolute atomic E-state index is 0.101. The highest BCUT2D eigenvalue weighted by molar-refractivity contribution is 5.79. The molecule has 2 aromatic carbocycles. The van der Waals surface area contributed by atoms with Crippen LogP contribution in [0, 0.1) is 0 Å². The van der Waals surface area contributed by atoms with Gasteiger partial charge < -0.3 is 18.6 Å². The van der Waals surface area contributed by atoms with Crippen LogP contribution in [0.25, 0.3) is 11.0 Å². The molecule has 0 aliphatic rings. The van der Waals surface area contributed by atoms with Gasteiger partial charge in [-0.3, -0.25) is 9.59 Å². The zero-order chi connectivity index (χ0) is 17.6. The molecule has 1 heterocycles. The minimum atomic E-state index is -0.352. The van der Waals surface area contributed by atoms with Crippen LogP contribution in [0.3, 0.4) is 0 Å². The molecule has 1 aromatic heterocycles. The lowest BCUT2D eigenvalue weighted by atomic mass is 10.2. The van der Waals surface area contributed by atoms with Crippen molar-refractivity contribution in [1.29, 1.82) is 0 Å². The fraction of sp³-hybridized carbons (Fsp3) is 0.158. The molecular weight excluding hydrogens is 324 g/mol. The number of para-hydroxylation sites is 1. The number of benzene rings is 2. The van der Waals surface area contributed by atoms with Gasteiger partial charge >= 0.3 is 5.97 Å². The largest absolute Gasteiger partial charge is 0.460 e. The van der Waals surface area contributed by atoms with Crippen LogP contribution in [0.2, 0.25) is 0 Å². The van der Waals surface area contributed by atoms with Crippen LogP contribution in [0.1, 0.15) is 13.3 Å². The molecule has 0 atom stereocenters. The second-order valence-corrected chi connectivity index (χ2v) is 5.13. The Bertz CT molecular complexity index is 930. The lowest BCUT2D eigenvalue weighted by molar-refractivity contribution is -0.149. The quantitative estimate of drug-likeness (QED) is 0.501. The summed E-state index contributed by atoms with van der Waals surface area (Å²) in [5, 5.41) is 0.367. The average Bonchev–Trinajstić information content (AvgIpc) is 2.65. The third-order valence-electron chi connectivity index (χ3n) is 3.42. The van der Waals surface area contributed by atoms with Crippen molar-refractivity contribution in [2.24, 2.45) is 0 Å². The average molecular weight is 340 g/mol. The standard InChI is InChI=1S/C19H16O6/c1-2-18(20)24-12-23-14-8-9-15-16(10-14)22-11-17(19(15)21)25-13-6-4-3-5-7-13/h3-11H,2,12H2,1H3. The summed E-state index contributed by atoms with van der Waals surface area (Å²) in [5.74, 6) is 0.724. The first kappa shape index (κ1) is 16.6. The van der Waals surface area contributed by atoms with E-state index in [4.69, 9.17) is 18.6 Å². The number of rotatable bonds is 6. The van der Waals surface area contributed by atoms with Crippen LogP contribution in [0.5, 0.6) is 17.2 Å². The minimum Gasteiger partial charge on any atom is -0.460 e. The van der Waals surface area contributed by atoms with E-state index in [1.165, 1.54) is 6.26 Å². The smallest absolute Gasteiger partial charge is 0.308 e. The van der Waals surface area contributed by atoms with E-state index < -0.39 is 0 Å². The molecule has 0 unspecified atom stereocenters. The van der Waals surface area contributed by atoms with Crippen LogP contribution < -0.4 is 14.9 Å². The number of carbonyl (C=O) groups is 1. The fourth-order valence-electron chi connectivity index (χ4n) is 2.13. The molecule has 0 spiro atoms. The van der Waals surface area contributed by atoms with Gasteiger partial charge in [-0.2, -0.15) is 0 Å². The number of carbonyl (C=O) groups excluding carboxylic acids is 1. The van der Waals surface area contributed by atoms with Gasteiger partial charge in [0.2, 0.25) is 18.0 Å². The second kappa shape index (κ2) is 7.53. The molecule has 0 fully saturated rings. The van der Waals surface area contributed by atoms with Gasteiger partial charge in [0.25, 0.3) is 0 Å². The third kappa shape index (κ3) is 3.98. The zero-order valence-corrected chi connectivity index (χ0v) is 13.6. The van der Waals surface area contributed by atoms with Crippen molar-refractivity contribution in [3.05, 3.63) is 65.0 Å². The van der Waals surface area contributed by atoms with E-state index in [1.807, 2.05) is 18.2 Å². The van der Waals surface area contributed by atoms with Gasteiger partial charge in [0.05, 0.1) is 5.39 Å². The first-order chi connectivity index (χ1) is 12.2. The predicted octanol–water partition coefficient (Wildman–Crippen LogP) is 3.87. The highest BCUT2D eigenvalue weighted by Gasteiger charge is 2.10. The van der Waals surface area contributed by atoms with Crippen LogP contribution in [-0.2, 0) is 9.53 Å². The van der Waals surface area contributed by atoms with E-state index in [2.05, 4.69) is 0 Å². The number of esters is 1. The fourth-order valence-corrected chi connectivity index (χ4v) is 2.13. The molecule has 0 radical (unpaired) electrons. The molecule has 0 bridgehead atoms. The number of hydrogen-bond acceptors (Lipinski definition) is 6. The Kier molecular flexibility index (Phi) is 4.99. The molecule has 3 rings (SSSR count). The van der Waals surface area contributed by atoms with Gasteiger partial charge in [-0.1, -0.05) is 25.1 Å². The van der Waals surface area contributed by atoms with Crippen molar-refractivity contribution in [2.75, 3.05) is 6.79 Å². The maximum Gasteiger partial charge on any atom is 0.308 e. The van der Waals surface area contributed by atoms with Gasteiger partial charge in [-0.25, -0.2) is 0 Å². The summed E-state index contributed by atoms with van der Waals surface area (Å²) in [6, 6.07) is 13.7. The first-order valence-electron chi connectivity index (χ1n) is 7.74. The maximum absolute atomic E-state index is 12.5. The van der Waals surface area contributed by atoms with E-state index in [1.54, 1.807) is 37.3 Å². The molecule has 25 heavy (non-hydrogen) atoms. The molecule has 0 saturated heterocycles. The summed E-state index contributed by atoms with van der Waals surface area (Å²) in [4.78, 5) is 23.6. The monoisotopic (exact) mass is 340 g/mol. The summed E-state index contributed by atoms with van der Waals surface area (Å²) in [5.41, 5.74) is 0.0683. The van der Waals surface area contributed by atoms with Crippen molar-refractivity contribution in [1.82, 2.24) is 0 Å². The molecule has 0 N–H and O–H groups in total. The Hall–Kier alpha value is -3.28. The molecule has 6 heteroatoms. The molecule has 0 aliphatic heterocycles. The Labute approximate surface area is 143 Å². The molecule has 0 saturated carbocycles. The van der Waals surface area contributed by atoms with Crippen molar-refractivity contribution in [3.63, 3.8) is 0 Å². The van der Waals surface area contributed by atoms with E-state index in [0.29, 0.717) is 22.5 Å². The third-order valence-corrected chi connectivity index (χ3v) is 3.42. The van der Waals surface area contributed by atoms with Crippen molar-refractivity contribution in [3.8, 4) is 17.2 Å². The maximum atomic E-state index is 12.5. The number of fused-ring (bicyclic) bond motifs is 1. The number of hydrogen-bond donors (Lipinski definition) is 0. The van der Waals surface area contributed by atoms with Crippen LogP contribution in [-0.4, -0.2) is 12.8 Å². The molecule has 128 valence electrons. The normalized spacial score (nSPS) is 10.4. The molecular formula is C19H16O6. The molecule has 0 amide bonds. The van der Waals surface area contributed by atoms with Gasteiger partial charge in [-0.15, -0.1) is 0 Å². The van der Waals surface area contributed by atoms with Crippen molar-refractivity contribution < 1.29 is 23.4 Å². The second-order valence-electron chi connectivity index (χ2n) is 5.13. The SMILES string of the molecule is CCC(=O)OCOc1ccc2c(=O)c(Oc3ccccc3)coc2c1. The Morgan fingerprint density at radius 3 is 2.64 bits per heavy atom. The molecule has 6 nitrogen and oxygen atoms in total. The Morgan fingerprint density at radius 1 is 1.08 bits per heavy atom. The van der Waals surface area contributed by atoms with Crippen molar-refractivity contribution in [2.45, 2.75) is 13.3 Å². The van der Waals surface area contributed by atoms with E-state index >= 15 is 0 Å². The van der Waals surface area contributed by atoms with E-state index in [0.717, 1.165) is 0 Å². The van der Waals surface area contributed by atoms with Gasteiger partial charge in [0.1, 0.15) is 23.3 Å². The Morgan fingerprint density at radius 2 is 1.88 bits per heavy atom.